The highest BCUT2D eigenvalue weighted by Crippen LogP contribution is 2.34. The minimum Gasteiger partial charge on any atom is -0.235 e. The van der Waals surface area contributed by atoms with Crippen LogP contribution in [0.5, 0.6) is 0 Å². The molecular weight excluding hydrogens is 134 g/mol. The van der Waals surface area contributed by atoms with Crippen molar-refractivity contribution in [3.63, 3.8) is 0 Å². The summed E-state index contributed by atoms with van der Waals surface area (Å²) in [5.41, 5.74) is 0.483. The van der Waals surface area contributed by atoms with Gasteiger partial charge >= 0.3 is 0 Å². The van der Waals surface area contributed by atoms with Gasteiger partial charge in [-0.15, -0.1) is 0 Å². The SMILES string of the molecule is C1CCCC2(CC1)CCC[N]2. The molecule has 11 heavy (non-hydrogen) atoms. The number of hydrogen-bond donors (Lipinski definition) is 0. The molecule has 0 N–H and O–H groups in total. The Balaban J connectivity index is 1.97. The van der Waals surface area contributed by atoms with Gasteiger partial charge < -0.3 is 0 Å². The average molecular weight is 152 g/mol. The Bertz CT molecular complexity index is 115. The zero-order valence-corrected chi connectivity index (χ0v) is 7.31. The zero-order valence-electron chi connectivity index (χ0n) is 7.31. The normalized spacial score (nSPS) is 30.5. The monoisotopic (exact) mass is 152 g/mol. The van der Waals surface area contributed by atoms with E-state index in [2.05, 4.69) is 0 Å². The lowest BCUT2D eigenvalue weighted by atomic mass is 9.89. The van der Waals surface area contributed by atoms with E-state index in [1.54, 1.807) is 0 Å². The molecule has 1 heterocycles. The van der Waals surface area contributed by atoms with Gasteiger partial charge in [-0.3, -0.25) is 0 Å². The summed E-state index contributed by atoms with van der Waals surface area (Å²) in [4.78, 5) is 0. The van der Waals surface area contributed by atoms with Crippen LogP contribution in [0, 0.1) is 0 Å². The van der Waals surface area contributed by atoms with Crippen LogP contribution in [-0.2, 0) is 0 Å². The minimum atomic E-state index is 0.483. The topological polar surface area (TPSA) is 14.1 Å². The molecule has 1 radical (unpaired) electrons. The lowest BCUT2D eigenvalue weighted by molar-refractivity contribution is 0.323. The third-order valence-electron chi connectivity index (χ3n) is 3.28. The van der Waals surface area contributed by atoms with Crippen molar-refractivity contribution in [1.82, 2.24) is 5.32 Å². The van der Waals surface area contributed by atoms with E-state index in [-0.39, 0.29) is 0 Å². The van der Waals surface area contributed by atoms with Crippen molar-refractivity contribution in [2.75, 3.05) is 6.54 Å². The van der Waals surface area contributed by atoms with Crippen molar-refractivity contribution >= 4 is 0 Å². The summed E-state index contributed by atoms with van der Waals surface area (Å²) in [5, 5.41) is 4.79. The van der Waals surface area contributed by atoms with Gasteiger partial charge in [0.25, 0.3) is 0 Å². The number of nitrogens with zero attached hydrogens (tertiary/aromatic N) is 1. The predicted octanol–water partition coefficient (Wildman–Crippen LogP) is 2.48. The molecule has 0 unspecified atom stereocenters. The molecule has 1 aliphatic carbocycles. The summed E-state index contributed by atoms with van der Waals surface area (Å²) in [6.45, 7) is 1.15. The Morgan fingerprint density at radius 1 is 0.727 bits per heavy atom. The molecule has 1 aliphatic heterocycles. The van der Waals surface area contributed by atoms with Crippen molar-refractivity contribution in [2.24, 2.45) is 0 Å². The molecule has 2 fully saturated rings. The quantitative estimate of drug-likeness (QED) is 0.506. The Morgan fingerprint density at radius 2 is 1.36 bits per heavy atom. The third kappa shape index (κ3) is 1.58. The van der Waals surface area contributed by atoms with Crippen LogP contribution in [0.15, 0.2) is 0 Å². The van der Waals surface area contributed by atoms with Crippen LogP contribution in [0.4, 0.5) is 0 Å². The van der Waals surface area contributed by atoms with Crippen LogP contribution in [-0.4, -0.2) is 12.1 Å². The van der Waals surface area contributed by atoms with E-state index in [4.69, 9.17) is 5.32 Å². The maximum Gasteiger partial charge on any atom is 0.0357 e. The first-order valence-corrected chi connectivity index (χ1v) is 5.10. The largest absolute Gasteiger partial charge is 0.235 e. The fourth-order valence-electron chi connectivity index (χ4n) is 2.60. The maximum atomic E-state index is 4.79. The summed E-state index contributed by atoms with van der Waals surface area (Å²) in [6, 6.07) is 0. The molecule has 1 spiro atoms. The summed E-state index contributed by atoms with van der Waals surface area (Å²) in [5.74, 6) is 0. The van der Waals surface area contributed by atoms with E-state index >= 15 is 0 Å². The minimum absolute atomic E-state index is 0.483. The van der Waals surface area contributed by atoms with E-state index in [1.165, 1.54) is 51.4 Å². The Morgan fingerprint density at radius 3 is 1.91 bits per heavy atom. The van der Waals surface area contributed by atoms with Gasteiger partial charge in [-0.2, -0.15) is 0 Å². The van der Waals surface area contributed by atoms with Gasteiger partial charge in [0.15, 0.2) is 0 Å². The number of hydrogen-bond acceptors (Lipinski definition) is 0. The fourth-order valence-corrected chi connectivity index (χ4v) is 2.60. The van der Waals surface area contributed by atoms with E-state index < -0.39 is 0 Å². The van der Waals surface area contributed by atoms with Crippen LogP contribution in [0.25, 0.3) is 0 Å². The Kier molecular flexibility index (Phi) is 2.17. The Hall–Kier alpha value is -0.0400. The molecule has 2 rings (SSSR count). The smallest absolute Gasteiger partial charge is 0.0357 e. The van der Waals surface area contributed by atoms with Crippen LogP contribution in [0.1, 0.15) is 51.4 Å². The summed E-state index contributed by atoms with van der Waals surface area (Å²) < 4.78 is 0. The standard InChI is InChI=1S/C10H18N/c1-2-4-7-10(6-3-1)8-5-9-11-10/h1-9H2. The number of rotatable bonds is 0. The molecule has 0 bridgehead atoms. The van der Waals surface area contributed by atoms with Gasteiger partial charge in [0, 0.05) is 12.1 Å². The van der Waals surface area contributed by atoms with E-state index in [0.29, 0.717) is 5.54 Å². The molecule has 1 saturated carbocycles. The molecule has 0 aromatic carbocycles. The van der Waals surface area contributed by atoms with Crippen LogP contribution in [0.2, 0.25) is 0 Å². The second-order valence-corrected chi connectivity index (χ2v) is 4.12. The van der Waals surface area contributed by atoms with Crippen LogP contribution < -0.4 is 5.32 Å². The first kappa shape index (κ1) is 7.60. The van der Waals surface area contributed by atoms with Crippen molar-refractivity contribution in [3.05, 3.63) is 0 Å². The molecule has 0 aromatic rings. The van der Waals surface area contributed by atoms with Gasteiger partial charge in [-0.25, -0.2) is 5.32 Å². The first-order chi connectivity index (χ1) is 5.41. The first-order valence-electron chi connectivity index (χ1n) is 5.10. The maximum absolute atomic E-state index is 4.79. The highest BCUT2D eigenvalue weighted by Gasteiger charge is 2.34. The predicted molar refractivity (Wildman–Crippen MR) is 46.7 cm³/mol. The molecule has 0 aromatic heterocycles. The van der Waals surface area contributed by atoms with E-state index in [9.17, 15) is 0 Å². The van der Waals surface area contributed by atoms with Crippen molar-refractivity contribution in [2.45, 2.75) is 56.9 Å². The van der Waals surface area contributed by atoms with Crippen molar-refractivity contribution in [3.8, 4) is 0 Å². The fraction of sp³-hybridized carbons (Fsp3) is 1.00. The summed E-state index contributed by atoms with van der Waals surface area (Å²) in [6.07, 6.45) is 11.3. The van der Waals surface area contributed by atoms with Gasteiger partial charge in [-0.05, 0) is 25.7 Å². The van der Waals surface area contributed by atoms with Gasteiger partial charge in [0.05, 0.1) is 0 Å². The van der Waals surface area contributed by atoms with Gasteiger partial charge in [0.2, 0.25) is 0 Å². The second kappa shape index (κ2) is 3.14. The third-order valence-corrected chi connectivity index (χ3v) is 3.28. The molecule has 0 amide bonds. The molecule has 0 atom stereocenters. The van der Waals surface area contributed by atoms with Gasteiger partial charge in [-0.1, -0.05) is 25.7 Å². The molecule has 63 valence electrons. The molecule has 1 saturated heterocycles. The van der Waals surface area contributed by atoms with E-state index in [0.717, 1.165) is 6.54 Å². The van der Waals surface area contributed by atoms with E-state index in [1.807, 2.05) is 0 Å². The molecule has 1 heteroatoms. The second-order valence-electron chi connectivity index (χ2n) is 4.12. The van der Waals surface area contributed by atoms with Crippen molar-refractivity contribution in [1.29, 1.82) is 0 Å². The molecule has 1 nitrogen and oxygen atoms in total. The molecule has 2 aliphatic rings. The van der Waals surface area contributed by atoms with Crippen molar-refractivity contribution < 1.29 is 0 Å². The average Bonchev–Trinajstić information content (AvgIpc) is 2.32. The molecular formula is C10H18N. The summed E-state index contributed by atoms with van der Waals surface area (Å²) in [7, 11) is 0. The van der Waals surface area contributed by atoms with Crippen LogP contribution in [0.3, 0.4) is 0 Å². The highest BCUT2D eigenvalue weighted by atomic mass is 15.0. The summed E-state index contributed by atoms with van der Waals surface area (Å²) >= 11 is 0. The lowest BCUT2D eigenvalue weighted by Gasteiger charge is -2.25. The van der Waals surface area contributed by atoms with Gasteiger partial charge in [0.1, 0.15) is 0 Å². The zero-order chi connectivity index (χ0) is 7.57. The van der Waals surface area contributed by atoms with Crippen LogP contribution >= 0.6 is 0 Å². The highest BCUT2D eigenvalue weighted by molar-refractivity contribution is 4.93. The lowest BCUT2D eigenvalue weighted by Crippen LogP contribution is -2.33. The Labute approximate surface area is 69.6 Å².